The lowest BCUT2D eigenvalue weighted by Crippen LogP contribution is -2.21. The Balaban J connectivity index is 0.000000290. The molecule has 0 atom stereocenters. The molecular weight excluding hydrogens is 758 g/mol. The highest BCUT2D eigenvalue weighted by Gasteiger charge is 2.21. The molecule has 0 fully saturated rings. The fourth-order valence-corrected chi connectivity index (χ4v) is 6.08. The molecule has 58 heavy (non-hydrogen) atoms. The summed E-state index contributed by atoms with van der Waals surface area (Å²) in [6.45, 7) is 19.4. The predicted molar refractivity (Wildman–Crippen MR) is 230 cm³/mol. The Bertz CT molecular complexity index is 2110. The van der Waals surface area contributed by atoms with E-state index in [1.807, 2.05) is 48.5 Å². The zero-order valence-electron chi connectivity index (χ0n) is 34.9. The van der Waals surface area contributed by atoms with E-state index in [2.05, 4.69) is 81.4 Å². The molecule has 2 aliphatic rings. The molecule has 0 aromatic heterocycles. The topological polar surface area (TPSA) is 152 Å². The van der Waals surface area contributed by atoms with E-state index in [0.29, 0.717) is 17.7 Å². The van der Waals surface area contributed by atoms with Crippen LogP contribution in [0.2, 0.25) is 0 Å². The smallest absolute Gasteiger partial charge is 0.331 e. The predicted octanol–water partition coefficient (Wildman–Crippen LogP) is 9.36. The van der Waals surface area contributed by atoms with Gasteiger partial charge in [0.05, 0.1) is 6.61 Å². The molecule has 0 aliphatic heterocycles. The minimum atomic E-state index is -0.545. The number of oxime groups is 2. The monoisotopic (exact) mass is 811 g/mol. The van der Waals surface area contributed by atoms with Gasteiger partial charge in [0.2, 0.25) is 16.8 Å². The van der Waals surface area contributed by atoms with Crippen LogP contribution in [0.15, 0.2) is 95.2 Å². The highest BCUT2D eigenvalue weighted by Crippen LogP contribution is 2.38. The maximum Gasteiger partial charge on any atom is 0.331 e. The molecule has 12 heteroatoms. The van der Waals surface area contributed by atoms with Gasteiger partial charge in [-0.05, 0) is 121 Å². The molecule has 0 spiro atoms. The van der Waals surface area contributed by atoms with Gasteiger partial charge in [-0.15, -0.1) is 0 Å². The molecule has 0 radical (unpaired) electrons. The van der Waals surface area contributed by atoms with Crippen LogP contribution in [-0.2, 0) is 36.8 Å². The number of carbonyl (C=O) groups excluding carboxylic acids is 5. The third kappa shape index (κ3) is 14.9. The minimum absolute atomic E-state index is 0.107. The number of ether oxygens (including phenoxy) is 1. The second-order valence-corrected chi connectivity index (χ2v) is 13.6. The van der Waals surface area contributed by atoms with Crippen LogP contribution < -0.4 is 0 Å². The maximum atomic E-state index is 12.3. The molecule has 0 heterocycles. The summed E-state index contributed by atoms with van der Waals surface area (Å²) in [5, 5.41) is 14.8. The maximum absolute atomic E-state index is 12.3. The molecular formula is C46H54ClN3O8. The SMILES string of the molecule is C/C(=N/O)C(=O)c1ccc2c(c1)Cc1ccccc1-2.CC(=O)Cl.CC(=O)O/N=C(/C)C(=O)c1ccc2c(c1)Cc1ccccc1-2.CCN(CC)CC.CCOC(C)=O. The zero-order chi connectivity index (χ0) is 43.4. The van der Waals surface area contributed by atoms with Crippen LogP contribution >= 0.6 is 11.6 Å². The summed E-state index contributed by atoms with van der Waals surface area (Å²) in [5.74, 6) is -1.23. The van der Waals surface area contributed by atoms with Gasteiger partial charge in [-0.2, -0.15) is 0 Å². The Morgan fingerprint density at radius 1 is 0.603 bits per heavy atom. The summed E-state index contributed by atoms with van der Waals surface area (Å²) in [6, 6.07) is 27.8. The van der Waals surface area contributed by atoms with Crippen LogP contribution in [-0.4, -0.2) is 76.5 Å². The van der Waals surface area contributed by atoms with Crippen molar-refractivity contribution in [3.63, 3.8) is 0 Å². The number of esters is 1. The normalized spacial score (nSPS) is 11.5. The zero-order valence-corrected chi connectivity index (χ0v) is 35.6. The fourth-order valence-electron chi connectivity index (χ4n) is 6.08. The van der Waals surface area contributed by atoms with E-state index in [1.54, 1.807) is 19.1 Å². The average Bonchev–Trinajstić information content (AvgIpc) is 3.77. The number of Topliss-reactive ketones (excluding diaryl/α,β-unsaturated/α-hetero) is 2. The summed E-state index contributed by atoms with van der Waals surface area (Å²) in [5.41, 5.74) is 11.0. The number of benzene rings is 4. The fraction of sp³-hybridized carbons (Fsp3) is 0.326. The van der Waals surface area contributed by atoms with E-state index in [-0.39, 0.29) is 34.2 Å². The first-order chi connectivity index (χ1) is 27.6. The van der Waals surface area contributed by atoms with Crippen molar-refractivity contribution in [3.05, 3.63) is 118 Å². The molecule has 0 saturated carbocycles. The Morgan fingerprint density at radius 3 is 1.33 bits per heavy atom. The molecule has 0 unspecified atom stereocenters. The average molecular weight is 812 g/mol. The van der Waals surface area contributed by atoms with E-state index in [0.717, 1.165) is 24.0 Å². The number of halogens is 1. The number of fused-ring (bicyclic) bond motifs is 6. The van der Waals surface area contributed by atoms with Crippen LogP contribution in [0.5, 0.6) is 0 Å². The Kier molecular flexibility index (Phi) is 20.7. The lowest BCUT2D eigenvalue weighted by Gasteiger charge is -2.13. The summed E-state index contributed by atoms with van der Waals surface area (Å²) >= 11 is 4.64. The molecule has 11 nitrogen and oxygen atoms in total. The highest BCUT2D eigenvalue weighted by molar-refractivity contribution is 6.62. The van der Waals surface area contributed by atoms with Gasteiger partial charge in [0, 0.05) is 31.9 Å². The number of carbonyl (C=O) groups is 5. The Labute approximate surface area is 346 Å². The summed E-state index contributed by atoms with van der Waals surface area (Å²) in [4.78, 5) is 60.9. The van der Waals surface area contributed by atoms with Gasteiger partial charge in [-0.25, -0.2) is 4.79 Å². The standard InChI is InChI=1S/C18H15NO3.C16H13NO2.C6H15N.C4H8O2.C2H3ClO/c1-11(19-22-12(2)20)18(21)14-7-8-17-15(10-14)9-13-5-3-4-6-16(13)17;1-10(17-19)16(18)12-6-7-15-13(9-12)8-11-4-2-3-5-14(11)15;1-4-7(5-2)6-3;1-3-6-4(2)5;1-2(3)4/h3-8,10H,9H2,1-2H3;2-7,9,19H,8H2,1H3;4-6H2,1-3H3;3H2,1-2H3;1H3/b19-11-;17-10-;;;. The van der Waals surface area contributed by atoms with Crippen LogP contribution in [0.3, 0.4) is 0 Å². The second-order valence-electron chi connectivity index (χ2n) is 13.0. The quantitative estimate of drug-likeness (QED) is 0.0286. The van der Waals surface area contributed by atoms with Crippen molar-refractivity contribution in [2.24, 2.45) is 10.3 Å². The molecule has 0 bridgehead atoms. The molecule has 4 aromatic carbocycles. The lowest BCUT2D eigenvalue weighted by atomic mass is 10.0. The van der Waals surface area contributed by atoms with Crippen molar-refractivity contribution in [3.8, 4) is 22.3 Å². The van der Waals surface area contributed by atoms with E-state index in [4.69, 9.17) is 5.21 Å². The summed E-state index contributed by atoms with van der Waals surface area (Å²) in [7, 11) is 0. The van der Waals surface area contributed by atoms with Crippen molar-refractivity contribution in [2.45, 2.75) is 75.2 Å². The Hall–Kier alpha value is -5.78. The molecule has 1 N–H and O–H groups in total. The first kappa shape index (κ1) is 48.4. The lowest BCUT2D eigenvalue weighted by molar-refractivity contribution is -0.141. The number of nitrogens with zero attached hydrogens (tertiary/aromatic N) is 3. The van der Waals surface area contributed by atoms with E-state index in [9.17, 15) is 24.0 Å². The number of ketones is 2. The van der Waals surface area contributed by atoms with Gasteiger partial charge >= 0.3 is 11.9 Å². The summed E-state index contributed by atoms with van der Waals surface area (Å²) in [6.07, 6.45) is 1.68. The molecule has 0 saturated heterocycles. The molecule has 4 aromatic rings. The van der Waals surface area contributed by atoms with E-state index < -0.39 is 5.97 Å². The third-order valence-corrected chi connectivity index (χ3v) is 8.92. The van der Waals surface area contributed by atoms with Gasteiger partial charge < -0.3 is 19.7 Å². The number of rotatable bonds is 9. The summed E-state index contributed by atoms with van der Waals surface area (Å²) < 4.78 is 4.40. The minimum Gasteiger partial charge on any atom is -0.466 e. The van der Waals surface area contributed by atoms with Crippen molar-refractivity contribution < 1.29 is 38.8 Å². The van der Waals surface area contributed by atoms with Crippen LogP contribution in [0.4, 0.5) is 0 Å². The van der Waals surface area contributed by atoms with Gasteiger partial charge in [-0.1, -0.05) is 104 Å². The van der Waals surface area contributed by atoms with E-state index >= 15 is 0 Å². The van der Waals surface area contributed by atoms with Crippen LogP contribution in [0, 0.1) is 0 Å². The third-order valence-electron chi connectivity index (χ3n) is 8.92. The van der Waals surface area contributed by atoms with Gasteiger partial charge in [0.25, 0.3) is 0 Å². The van der Waals surface area contributed by atoms with Gasteiger partial charge in [0.15, 0.2) is 0 Å². The first-order valence-corrected chi connectivity index (χ1v) is 19.4. The molecule has 308 valence electrons. The van der Waals surface area contributed by atoms with Gasteiger partial charge in [0.1, 0.15) is 11.4 Å². The van der Waals surface area contributed by atoms with Crippen LogP contribution in [0.1, 0.15) is 105 Å². The molecule has 2 aliphatic carbocycles. The Morgan fingerprint density at radius 2 is 1.00 bits per heavy atom. The van der Waals surface area contributed by atoms with Crippen molar-refractivity contribution in [1.29, 1.82) is 0 Å². The van der Waals surface area contributed by atoms with Crippen molar-refractivity contribution >= 4 is 51.8 Å². The number of hydrogen-bond donors (Lipinski definition) is 1. The van der Waals surface area contributed by atoms with E-state index in [1.165, 1.54) is 87.6 Å². The number of hydrogen-bond acceptors (Lipinski definition) is 11. The van der Waals surface area contributed by atoms with Gasteiger partial charge in [-0.3, -0.25) is 19.2 Å². The molecule has 0 amide bonds. The second kappa shape index (κ2) is 24.8. The van der Waals surface area contributed by atoms with Crippen molar-refractivity contribution in [2.75, 3.05) is 26.2 Å². The largest absolute Gasteiger partial charge is 0.466 e. The van der Waals surface area contributed by atoms with Crippen LogP contribution in [0.25, 0.3) is 22.3 Å². The van der Waals surface area contributed by atoms with Crippen molar-refractivity contribution in [1.82, 2.24) is 4.90 Å². The molecule has 6 rings (SSSR count). The highest BCUT2D eigenvalue weighted by atomic mass is 35.5. The first-order valence-electron chi connectivity index (χ1n) is 19.1.